The molecular formula is C9H15N3O2. The quantitative estimate of drug-likeness (QED) is 0.711. The van der Waals surface area contributed by atoms with Crippen molar-refractivity contribution in [3.05, 3.63) is 22.7 Å². The van der Waals surface area contributed by atoms with Crippen LogP contribution < -0.4 is 10.5 Å². The maximum absolute atomic E-state index is 11.3. The summed E-state index contributed by atoms with van der Waals surface area (Å²) >= 11 is 0. The molecule has 1 atom stereocenters. The Bertz CT molecular complexity index is 335. The molecular weight excluding hydrogens is 182 g/mol. The van der Waals surface area contributed by atoms with Gasteiger partial charge >= 0.3 is 0 Å². The summed E-state index contributed by atoms with van der Waals surface area (Å²) in [5.41, 5.74) is -0.208. The molecule has 78 valence electrons. The summed E-state index contributed by atoms with van der Waals surface area (Å²) in [4.78, 5) is 19.5. The number of aromatic amines is 1. The average Bonchev–Trinajstić information content (AvgIpc) is 2.15. The summed E-state index contributed by atoms with van der Waals surface area (Å²) < 4.78 is 0. The van der Waals surface area contributed by atoms with Crippen molar-refractivity contribution in [2.45, 2.75) is 19.4 Å². The first-order chi connectivity index (χ1) is 6.61. The van der Waals surface area contributed by atoms with Crippen LogP contribution in [0.4, 0.5) is 5.82 Å². The number of H-pyrrole nitrogens is 1. The van der Waals surface area contributed by atoms with Crippen LogP contribution in [0.2, 0.25) is 0 Å². The number of rotatable bonds is 4. The van der Waals surface area contributed by atoms with Gasteiger partial charge in [-0.25, -0.2) is 4.98 Å². The molecule has 0 aliphatic carbocycles. The van der Waals surface area contributed by atoms with Crippen LogP contribution in [0, 0.1) is 0 Å². The SMILES string of the molecule is CC(O)CCN(C)c1ncc[nH]c1=O. The molecule has 0 saturated heterocycles. The normalized spacial score (nSPS) is 12.5. The van der Waals surface area contributed by atoms with Gasteiger partial charge in [0, 0.05) is 26.0 Å². The Balaban J connectivity index is 2.65. The fourth-order valence-electron chi connectivity index (χ4n) is 1.10. The Kier molecular flexibility index (Phi) is 3.64. The Morgan fingerprint density at radius 2 is 2.43 bits per heavy atom. The van der Waals surface area contributed by atoms with Gasteiger partial charge < -0.3 is 15.0 Å². The fraction of sp³-hybridized carbons (Fsp3) is 0.556. The lowest BCUT2D eigenvalue weighted by molar-refractivity contribution is 0.187. The monoisotopic (exact) mass is 197 g/mol. The van der Waals surface area contributed by atoms with E-state index in [-0.39, 0.29) is 11.7 Å². The Hall–Kier alpha value is -1.36. The number of hydrogen-bond donors (Lipinski definition) is 2. The molecule has 1 heterocycles. The van der Waals surface area contributed by atoms with Gasteiger partial charge in [-0.05, 0) is 13.3 Å². The van der Waals surface area contributed by atoms with Gasteiger partial charge in [0.25, 0.3) is 5.56 Å². The molecule has 0 aliphatic rings. The minimum Gasteiger partial charge on any atom is -0.393 e. The minimum atomic E-state index is -0.361. The fourth-order valence-corrected chi connectivity index (χ4v) is 1.10. The van der Waals surface area contributed by atoms with E-state index in [1.54, 1.807) is 18.9 Å². The lowest BCUT2D eigenvalue weighted by atomic mass is 10.3. The Morgan fingerprint density at radius 1 is 1.71 bits per heavy atom. The highest BCUT2D eigenvalue weighted by molar-refractivity contribution is 5.33. The summed E-state index contributed by atoms with van der Waals surface area (Å²) in [5.74, 6) is 0.383. The van der Waals surface area contributed by atoms with Crippen molar-refractivity contribution >= 4 is 5.82 Å². The molecule has 1 aromatic heterocycles. The first-order valence-electron chi connectivity index (χ1n) is 4.54. The predicted molar refractivity (Wildman–Crippen MR) is 54.4 cm³/mol. The van der Waals surface area contributed by atoms with Crippen molar-refractivity contribution < 1.29 is 5.11 Å². The third-order valence-electron chi connectivity index (χ3n) is 1.93. The van der Waals surface area contributed by atoms with E-state index in [9.17, 15) is 4.79 Å². The van der Waals surface area contributed by atoms with Gasteiger partial charge in [0.15, 0.2) is 5.82 Å². The van der Waals surface area contributed by atoms with Crippen molar-refractivity contribution in [1.82, 2.24) is 9.97 Å². The molecule has 1 rings (SSSR count). The average molecular weight is 197 g/mol. The summed E-state index contributed by atoms with van der Waals surface area (Å²) in [6.45, 7) is 2.33. The molecule has 0 amide bonds. The third kappa shape index (κ3) is 2.85. The van der Waals surface area contributed by atoms with Crippen LogP contribution in [0.15, 0.2) is 17.2 Å². The highest BCUT2D eigenvalue weighted by Gasteiger charge is 2.07. The highest BCUT2D eigenvalue weighted by Crippen LogP contribution is 2.01. The number of aromatic nitrogens is 2. The van der Waals surface area contributed by atoms with Gasteiger partial charge in [0.2, 0.25) is 0 Å². The molecule has 1 unspecified atom stereocenters. The molecule has 5 heteroatoms. The lowest BCUT2D eigenvalue weighted by Gasteiger charge is -2.17. The molecule has 1 aromatic rings. The highest BCUT2D eigenvalue weighted by atomic mass is 16.3. The molecule has 0 aliphatic heterocycles. The van der Waals surface area contributed by atoms with Crippen LogP contribution in [-0.2, 0) is 0 Å². The topological polar surface area (TPSA) is 69.2 Å². The lowest BCUT2D eigenvalue weighted by Crippen LogP contribution is -2.28. The van der Waals surface area contributed by atoms with E-state index in [0.29, 0.717) is 18.8 Å². The number of hydrogen-bond acceptors (Lipinski definition) is 4. The summed E-state index contributed by atoms with van der Waals surface area (Å²) in [6, 6.07) is 0. The van der Waals surface area contributed by atoms with E-state index in [2.05, 4.69) is 9.97 Å². The second-order valence-corrected chi connectivity index (χ2v) is 3.30. The van der Waals surface area contributed by atoms with Crippen molar-refractivity contribution in [3.8, 4) is 0 Å². The zero-order chi connectivity index (χ0) is 10.6. The zero-order valence-electron chi connectivity index (χ0n) is 8.40. The van der Waals surface area contributed by atoms with E-state index in [1.807, 2.05) is 0 Å². The smallest absolute Gasteiger partial charge is 0.290 e. The van der Waals surface area contributed by atoms with Crippen molar-refractivity contribution in [2.75, 3.05) is 18.5 Å². The molecule has 0 saturated carbocycles. The number of anilines is 1. The zero-order valence-corrected chi connectivity index (χ0v) is 8.40. The van der Waals surface area contributed by atoms with Gasteiger partial charge in [-0.15, -0.1) is 0 Å². The first-order valence-corrected chi connectivity index (χ1v) is 4.54. The molecule has 14 heavy (non-hydrogen) atoms. The number of aliphatic hydroxyl groups is 1. The largest absolute Gasteiger partial charge is 0.393 e. The molecule has 0 fully saturated rings. The van der Waals surface area contributed by atoms with Crippen molar-refractivity contribution in [2.24, 2.45) is 0 Å². The van der Waals surface area contributed by atoms with E-state index < -0.39 is 0 Å². The maximum Gasteiger partial charge on any atom is 0.290 e. The second-order valence-electron chi connectivity index (χ2n) is 3.30. The number of aliphatic hydroxyl groups excluding tert-OH is 1. The van der Waals surface area contributed by atoms with Crippen LogP contribution in [0.5, 0.6) is 0 Å². The number of nitrogens with zero attached hydrogens (tertiary/aromatic N) is 2. The first kappa shape index (κ1) is 10.7. The molecule has 5 nitrogen and oxygen atoms in total. The van der Waals surface area contributed by atoms with Crippen LogP contribution in [0.25, 0.3) is 0 Å². The standard InChI is InChI=1S/C9H15N3O2/c1-7(13)3-6-12(2)8-9(14)11-5-4-10-8/h4-5,7,13H,3,6H2,1-2H3,(H,11,14). The molecule has 0 bridgehead atoms. The third-order valence-corrected chi connectivity index (χ3v) is 1.93. The van der Waals surface area contributed by atoms with Gasteiger partial charge in [-0.2, -0.15) is 0 Å². The van der Waals surface area contributed by atoms with Gasteiger partial charge in [0.05, 0.1) is 6.10 Å². The van der Waals surface area contributed by atoms with Gasteiger partial charge in [0.1, 0.15) is 0 Å². The van der Waals surface area contributed by atoms with E-state index in [0.717, 1.165) is 0 Å². The van der Waals surface area contributed by atoms with Crippen LogP contribution in [0.1, 0.15) is 13.3 Å². The molecule has 0 aromatic carbocycles. The maximum atomic E-state index is 11.3. The van der Waals surface area contributed by atoms with Gasteiger partial charge in [-0.3, -0.25) is 4.79 Å². The Labute approximate surface area is 82.4 Å². The van der Waals surface area contributed by atoms with Crippen molar-refractivity contribution in [1.29, 1.82) is 0 Å². The Morgan fingerprint density at radius 3 is 3.00 bits per heavy atom. The summed E-state index contributed by atoms with van der Waals surface area (Å²) in [5, 5.41) is 9.08. The minimum absolute atomic E-state index is 0.208. The van der Waals surface area contributed by atoms with Crippen LogP contribution in [0.3, 0.4) is 0 Å². The van der Waals surface area contributed by atoms with Crippen LogP contribution in [-0.4, -0.2) is 34.8 Å². The predicted octanol–water partition coefficient (Wildman–Crippen LogP) is -0.0230. The van der Waals surface area contributed by atoms with E-state index in [1.165, 1.54) is 12.4 Å². The molecule has 0 spiro atoms. The van der Waals surface area contributed by atoms with Crippen molar-refractivity contribution in [3.63, 3.8) is 0 Å². The van der Waals surface area contributed by atoms with E-state index in [4.69, 9.17) is 5.11 Å². The van der Waals surface area contributed by atoms with Gasteiger partial charge in [-0.1, -0.05) is 0 Å². The number of nitrogens with one attached hydrogen (secondary N) is 1. The summed E-state index contributed by atoms with van der Waals surface area (Å²) in [6.07, 6.45) is 3.29. The molecule has 0 radical (unpaired) electrons. The summed E-state index contributed by atoms with van der Waals surface area (Å²) in [7, 11) is 1.78. The van der Waals surface area contributed by atoms with E-state index >= 15 is 0 Å². The second kappa shape index (κ2) is 4.76. The molecule has 2 N–H and O–H groups in total. The van der Waals surface area contributed by atoms with Crippen LogP contribution >= 0.6 is 0 Å².